The minimum Gasteiger partial charge on any atom is -0.344 e. The molecule has 4 rings (SSSR count). The van der Waals surface area contributed by atoms with Gasteiger partial charge < -0.3 is 16.0 Å². The van der Waals surface area contributed by atoms with Gasteiger partial charge in [0.15, 0.2) is 11.6 Å². The molecule has 0 radical (unpaired) electrons. The van der Waals surface area contributed by atoms with Crippen LogP contribution in [0.3, 0.4) is 0 Å². The van der Waals surface area contributed by atoms with Crippen molar-refractivity contribution in [1.29, 1.82) is 0 Å². The van der Waals surface area contributed by atoms with E-state index in [0.717, 1.165) is 31.7 Å². The van der Waals surface area contributed by atoms with Crippen molar-refractivity contribution >= 4 is 11.8 Å². The molecule has 30 heavy (non-hydrogen) atoms. The number of carbonyl (C=O) groups excluding carboxylic acids is 2. The number of rotatable bonds is 6. The molecule has 164 valence electrons. The first kappa shape index (κ1) is 21.2. The molecule has 3 fully saturated rings. The van der Waals surface area contributed by atoms with Crippen LogP contribution in [0.2, 0.25) is 0 Å². The van der Waals surface area contributed by atoms with E-state index in [2.05, 4.69) is 5.32 Å². The van der Waals surface area contributed by atoms with E-state index in [0.29, 0.717) is 18.9 Å². The molecule has 2 heterocycles. The fraction of sp³-hybridized carbons (Fsp3) is 0.636. The van der Waals surface area contributed by atoms with Gasteiger partial charge in [-0.1, -0.05) is 0 Å². The van der Waals surface area contributed by atoms with E-state index in [4.69, 9.17) is 5.73 Å². The van der Waals surface area contributed by atoms with Crippen LogP contribution in [-0.4, -0.2) is 40.9 Å². The Morgan fingerprint density at radius 3 is 2.27 bits per heavy atom. The predicted octanol–water partition coefficient (Wildman–Crippen LogP) is 2.66. The number of carbonyl (C=O) groups is 2. The van der Waals surface area contributed by atoms with Gasteiger partial charge in [0.25, 0.3) is 0 Å². The summed E-state index contributed by atoms with van der Waals surface area (Å²) in [4.78, 5) is 26.9. The van der Waals surface area contributed by atoms with Crippen molar-refractivity contribution in [3.63, 3.8) is 0 Å². The van der Waals surface area contributed by atoms with Crippen molar-refractivity contribution < 1.29 is 22.8 Å². The summed E-state index contributed by atoms with van der Waals surface area (Å²) in [5, 5.41) is 2.83. The van der Waals surface area contributed by atoms with Crippen LogP contribution in [0.15, 0.2) is 12.1 Å². The number of hydrogen-bond acceptors (Lipinski definition) is 3. The maximum atomic E-state index is 14.0. The third-order valence-electron chi connectivity index (χ3n) is 6.85. The summed E-state index contributed by atoms with van der Waals surface area (Å²) in [5.74, 6) is -3.07. The SMILES string of the molecule is C[C@@H](NC(=O)C1CC1)C(=O)N1[C@@H]2CC[C@H]1CC([C@H](N)Cc1cc(F)c(F)cc1F)C2. The molecule has 1 aliphatic carbocycles. The quantitative estimate of drug-likeness (QED) is 0.691. The van der Waals surface area contributed by atoms with Crippen LogP contribution in [-0.2, 0) is 16.0 Å². The van der Waals surface area contributed by atoms with Crippen molar-refractivity contribution in [1.82, 2.24) is 10.2 Å². The third kappa shape index (κ3) is 4.19. The highest BCUT2D eigenvalue weighted by Gasteiger charge is 2.46. The first-order valence-corrected chi connectivity index (χ1v) is 10.8. The van der Waals surface area contributed by atoms with Gasteiger partial charge in [0.2, 0.25) is 11.8 Å². The molecule has 0 aromatic heterocycles. The van der Waals surface area contributed by atoms with E-state index in [1.807, 2.05) is 4.90 Å². The molecule has 5 atom stereocenters. The Balaban J connectivity index is 1.38. The van der Waals surface area contributed by atoms with E-state index >= 15 is 0 Å². The number of nitrogens with zero attached hydrogens (tertiary/aromatic N) is 1. The van der Waals surface area contributed by atoms with Gasteiger partial charge in [-0.05, 0) is 69.4 Å². The molecule has 1 unspecified atom stereocenters. The van der Waals surface area contributed by atoms with Gasteiger partial charge >= 0.3 is 0 Å². The normalized spacial score (nSPS) is 27.6. The number of benzene rings is 1. The second-order valence-electron chi connectivity index (χ2n) is 9.09. The molecule has 2 amide bonds. The van der Waals surface area contributed by atoms with E-state index in [-0.39, 0.29) is 47.7 Å². The highest BCUT2D eigenvalue weighted by Crippen LogP contribution is 2.40. The number of halogens is 3. The zero-order valence-corrected chi connectivity index (χ0v) is 17.0. The average molecular weight is 423 g/mol. The molecule has 1 aromatic carbocycles. The van der Waals surface area contributed by atoms with Crippen molar-refractivity contribution in [2.24, 2.45) is 17.6 Å². The number of nitrogens with two attached hydrogens (primary N) is 1. The van der Waals surface area contributed by atoms with Crippen molar-refractivity contribution in [2.45, 2.75) is 76.0 Å². The van der Waals surface area contributed by atoms with Gasteiger partial charge in [-0.25, -0.2) is 13.2 Å². The van der Waals surface area contributed by atoms with E-state index < -0.39 is 29.5 Å². The lowest BCUT2D eigenvalue weighted by atomic mass is 9.82. The highest BCUT2D eigenvalue weighted by atomic mass is 19.2. The summed E-state index contributed by atoms with van der Waals surface area (Å²) >= 11 is 0. The van der Waals surface area contributed by atoms with Gasteiger partial charge in [-0.15, -0.1) is 0 Å². The van der Waals surface area contributed by atoms with Crippen molar-refractivity contribution in [3.8, 4) is 0 Å². The minimum atomic E-state index is -1.21. The minimum absolute atomic E-state index is 0.0439. The highest BCUT2D eigenvalue weighted by molar-refractivity contribution is 5.89. The standard InChI is InChI=1S/C22H28F3N3O2/c1-11(27-21(29)12-2-3-12)22(30)28-15-4-5-16(28)7-14(6-15)20(26)9-13-8-18(24)19(25)10-17(13)23/h8,10-12,14-16,20H,2-7,9,26H2,1H3,(H,27,29)/t11-,14?,15-,16+,20-/m1/s1. The van der Waals surface area contributed by atoms with Crippen LogP contribution < -0.4 is 11.1 Å². The lowest BCUT2D eigenvalue weighted by Crippen LogP contribution is -2.55. The van der Waals surface area contributed by atoms with Gasteiger partial charge in [0.05, 0.1) is 0 Å². The number of nitrogens with one attached hydrogen (secondary N) is 1. The number of fused-ring (bicyclic) bond motifs is 2. The molecular formula is C22H28F3N3O2. The summed E-state index contributed by atoms with van der Waals surface area (Å²) in [6, 6.07) is 0.561. The fourth-order valence-corrected chi connectivity index (χ4v) is 5.03. The molecule has 3 aliphatic rings. The summed E-state index contributed by atoms with van der Waals surface area (Å²) in [5.41, 5.74) is 6.41. The number of amides is 2. The number of hydrogen-bond donors (Lipinski definition) is 2. The average Bonchev–Trinajstić information content (AvgIpc) is 3.51. The van der Waals surface area contributed by atoms with Crippen molar-refractivity contribution in [3.05, 3.63) is 35.1 Å². The van der Waals surface area contributed by atoms with Gasteiger partial charge in [0.1, 0.15) is 11.9 Å². The summed E-state index contributed by atoms with van der Waals surface area (Å²) in [7, 11) is 0. The van der Waals surface area contributed by atoms with Crippen LogP contribution in [0.25, 0.3) is 0 Å². The smallest absolute Gasteiger partial charge is 0.245 e. The number of piperidine rings is 1. The van der Waals surface area contributed by atoms with Crippen molar-refractivity contribution in [2.75, 3.05) is 0 Å². The second kappa shape index (κ2) is 8.21. The molecule has 2 bridgehead atoms. The maximum absolute atomic E-state index is 14.0. The Labute approximate surface area is 174 Å². The van der Waals surface area contributed by atoms with Crippen LogP contribution in [0.5, 0.6) is 0 Å². The first-order valence-electron chi connectivity index (χ1n) is 10.8. The molecule has 0 spiro atoms. The molecule has 2 saturated heterocycles. The lowest BCUT2D eigenvalue weighted by Gasteiger charge is -2.42. The van der Waals surface area contributed by atoms with E-state index in [1.165, 1.54) is 0 Å². The van der Waals surface area contributed by atoms with Gasteiger partial charge in [-0.2, -0.15) is 0 Å². The monoisotopic (exact) mass is 423 g/mol. The first-order chi connectivity index (χ1) is 14.2. The topological polar surface area (TPSA) is 75.4 Å². The molecule has 8 heteroatoms. The van der Waals surface area contributed by atoms with Gasteiger partial charge in [-0.3, -0.25) is 9.59 Å². The lowest BCUT2D eigenvalue weighted by molar-refractivity contribution is -0.140. The largest absolute Gasteiger partial charge is 0.344 e. The molecule has 1 aromatic rings. The zero-order chi connectivity index (χ0) is 21.6. The van der Waals surface area contributed by atoms with Gasteiger partial charge in [0, 0.05) is 30.1 Å². The summed E-state index contributed by atoms with van der Waals surface area (Å²) < 4.78 is 40.6. The molecular weight excluding hydrogens is 395 g/mol. The molecule has 2 aliphatic heterocycles. The summed E-state index contributed by atoms with van der Waals surface area (Å²) in [6.07, 6.45) is 5.04. The van der Waals surface area contributed by atoms with Crippen LogP contribution in [0, 0.1) is 29.3 Å². The Kier molecular flexibility index (Phi) is 5.79. The molecule has 3 N–H and O–H groups in total. The van der Waals surface area contributed by atoms with Crippen LogP contribution in [0.4, 0.5) is 13.2 Å². The summed E-state index contributed by atoms with van der Waals surface area (Å²) in [6.45, 7) is 1.73. The van der Waals surface area contributed by atoms with E-state index in [9.17, 15) is 22.8 Å². The Hall–Kier alpha value is -2.09. The molecule has 5 nitrogen and oxygen atoms in total. The van der Waals surface area contributed by atoms with Crippen LogP contribution >= 0.6 is 0 Å². The zero-order valence-electron chi connectivity index (χ0n) is 17.0. The van der Waals surface area contributed by atoms with Crippen LogP contribution in [0.1, 0.15) is 51.0 Å². The third-order valence-corrected chi connectivity index (χ3v) is 6.85. The molecule has 1 saturated carbocycles. The fourth-order valence-electron chi connectivity index (χ4n) is 5.03. The predicted molar refractivity (Wildman–Crippen MR) is 105 cm³/mol. The Bertz CT molecular complexity index is 831. The van der Waals surface area contributed by atoms with E-state index in [1.54, 1.807) is 6.92 Å². The maximum Gasteiger partial charge on any atom is 0.245 e. The second-order valence-corrected chi connectivity index (χ2v) is 9.09. The Morgan fingerprint density at radius 2 is 1.67 bits per heavy atom. The Morgan fingerprint density at radius 1 is 1.07 bits per heavy atom.